The number of carbonyl (C=O) groups excluding carboxylic acids is 2. The van der Waals surface area contributed by atoms with Crippen LogP contribution < -0.4 is 10.2 Å². The molecule has 1 fully saturated rings. The van der Waals surface area contributed by atoms with Gasteiger partial charge in [-0.15, -0.1) is 11.3 Å². The Labute approximate surface area is 219 Å². The van der Waals surface area contributed by atoms with Crippen LogP contribution in [0.4, 0.5) is 10.5 Å². The van der Waals surface area contributed by atoms with Gasteiger partial charge in [-0.05, 0) is 24.1 Å². The molecule has 2 amide bonds. The predicted octanol–water partition coefficient (Wildman–Crippen LogP) is 5.54. The molecule has 0 aliphatic carbocycles. The van der Waals surface area contributed by atoms with Crippen molar-refractivity contribution in [2.24, 2.45) is 0 Å². The predicted molar refractivity (Wildman–Crippen MR) is 147 cm³/mol. The number of aryl methyl sites for hydroxylation is 1. The van der Waals surface area contributed by atoms with Crippen molar-refractivity contribution in [2.45, 2.75) is 13.3 Å². The van der Waals surface area contributed by atoms with Crippen molar-refractivity contribution < 1.29 is 14.3 Å². The number of piperazine rings is 1. The van der Waals surface area contributed by atoms with Crippen LogP contribution in [0.1, 0.15) is 22.2 Å². The first kappa shape index (κ1) is 25.7. The van der Waals surface area contributed by atoms with Crippen LogP contribution in [0.2, 0.25) is 5.02 Å². The Morgan fingerprint density at radius 3 is 2.57 bits per heavy atom. The number of anilines is 1. The van der Waals surface area contributed by atoms with E-state index in [0.29, 0.717) is 41.9 Å². The van der Waals surface area contributed by atoms with E-state index in [0.717, 1.165) is 35.3 Å². The second-order valence-electron chi connectivity index (χ2n) is 8.18. The maximum Gasteiger partial charge on any atom is 0.409 e. The van der Waals surface area contributed by atoms with Gasteiger partial charge in [0.2, 0.25) is 0 Å². The molecule has 0 atom stereocenters. The van der Waals surface area contributed by atoms with Gasteiger partial charge >= 0.3 is 6.09 Å². The first-order valence-electron chi connectivity index (χ1n) is 11.9. The number of benzene rings is 2. The van der Waals surface area contributed by atoms with Crippen molar-refractivity contribution in [3.8, 4) is 0 Å². The maximum absolute atomic E-state index is 12.5. The lowest BCUT2D eigenvalue weighted by atomic mass is 10.1. The molecular weight excluding hydrogens is 502 g/mol. The molecule has 35 heavy (non-hydrogen) atoms. The standard InChI is InChI=1S/C26H30ClN3O3S2/c1-2-19-7-3-5-9-21(19)29-12-14-30(15-13-29)26(32)33-16-18-34-17-11-28-25(31)24-23(27)20-8-4-6-10-22(20)35-24/h3-10H,2,11-18H2,1H3,(H,28,31). The summed E-state index contributed by atoms with van der Waals surface area (Å²) in [5.74, 6) is 1.28. The molecule has 0 bridgehead atoms. The zero-order valence-electron chi connectivity index (χ0n) is 19.8. The molecule has 1 aromatic heterocycles. The Hall–Kier alpha value is -2.42. The highest BCUT2D eigenvalue weighted by Crippen LogP contribution is 2.35. The minimum absolute atomic E-state index is 0.149. The minimum atomic E-state index is -0.248. The third kappa shape index (κ3) is 6.42. The molecule has 186 valence electrons. The summed E-state index contributed by atoms with van der Waals surface area (Å²) in [4.78, 5) is 29.6. The zero-order chi connectivity index (χ0) is 24.6. The lowest BCUT2D eigenvalue weighted by Crippen LogP contribution is -2.49. The van der Waals surface area contributed by atoms with Gasteiger partial charge in [-0.25, -0.2) is 4.79 Å². The second kappa shape index (κ2) is 12.5. The average molecular weight is 532 g/mol. The summed E-state index contributed by atoms with van der Waals surface area (Å²) in [6, 6.07) is 16.2. The van der Waals surface area contributed by atoms with Crippen LogP contribution in [0, 0.1) is 0 Å². The normalized spacial score (nSPS) is 13.8. The van der Waals surface area contributed by atoms with Crippen LogP contribution in [-0.2, 0) is 11.2 Å². The molecule has 0 saturated carbocycles. The average Bonchev–Trinajstić information content (AvgIpc) is 3.24. The fourth-order valence-electron chi connectivity index (χ4n) is 4.11. The van der Waals surface area contributed by atoms with Crippen molar-refractivity contribution in [2.75, 3.05) is 55.7 Å². The molecular formula is C26H30ClN3O3S2. The Balaban J connectivity index is 1.10. The monoisotopic (exact) mass is 531 g/mol. The summed E-state index contributed by atoms with van der Waals surface area (Å²) in [5, 5.41) is 4.35. The number of thioether (sulfide) groups is 1. The Kier molecular flexibility index (Phi) is 9.18. The van der Waals surface area contributed by atoms with Gasteiger partial charge in [-0.1, -0.05) is 54.9 Å². The number of thiophene rings is 1. The van der Waals surface area contributed by atoms with E-state index < -0.39 is 0 Å². The van der Waals surface area contributed by atoms with E-state index in [1.54, 1.807) is 16.7 Å². The lowest BCUT2D eigenvalue weighted by Gasteiger charge is -2.36. The number of carbonyl (C=O) groups is 2. The Morgan fingerprint density at radius 1 is 1.06 bits per heavy atom. The van der Waals surface area contributed by atoms with E-state index in [1.165, 1.54) is 22.6 Å². The van der Waals surface area contributed by atoms with E-state index >= 15 is 0 Å². The van der Waals surface area contributed by atoms with Crippen LogP contribution in [0.25, 0.3) is 10.1 Å². The third-order valence-electron chi connectivity index (χ3n) is 5.98. The van der Waals surface area contributed by atoms with E-state index in [1.807, 2.05) is 24.3 Å². The molecule has 6 nitrogen and oxygen atoms in total. The fourth-order valence-corrected chi connectivity index (χ4v) is 6.19. The minimum Gasteiger partial charge on any atom is -0.449 e. The quantitative estimate of drug-likeness (QED) is 0.367. The van der Waals surface area contributed by atoms with Gasteiger partial charge in [-0.2, -0.15) is 11.8 Å². The maximum atomic E-state index is 12.5. The van der Waals surface area contributed by atoms with Crippen molar-refractivity contribution in [1.82, 2.24) is 10.2 Å². The molecule has 3 aromatic rings. The van der Waals surface area contributed by atoms with Gasteiger partial charge in [-0.3, -0.25) is 4.79 Å². The molecule has 0 radical (unpaired) electrons. The van der Waals surface area contributed by atoms with Gasteiger partial charge in [0.25, 0.3) is 5.91 Å². The molecule has 9 heteroatoms. The topological polar surface area (TPSA) is 61.9 Å². The summed E-state index contributed by atoms with van der Waals surface area (Å²) in [5.41, 5.74) is 2.60. The number of para-hydroxylation sites is 1. The molecule has 1 aliphatic rings. The third-order valence-corrected chi connectivity index (χ3v) is 8.60. The SMILES string of the molecule is CCc1ccccc1N1CCN(C(=O)OCCSCCNC(=O)c2sc3ccccc3c2Cl)CC1. The number of rotatable bonds is 9. The summed E-state index contributed by atoms with van der Waals surface area (Å²) in [6.07, 6.45) is 0.750. The molecule has 1 aliphatic heterocycles. The van der Waals surface area contributed by atoms with Gasteiger partial charge in [0.1, 0.15) is 11.5 Å². The highest BCUT2D eigenvalue weighted by Gasteiger charge is 2.23. The number of fused-ring (bicyclic) bond motifs is 1. The van der Waals surface area contributed by atoms with Gasteiger partial charge < -0.3 is 19.9 Å². The van der Waals surface area contributed by atoms with Crippen molar-refractivity contribution in [1.29, 1.82) is 0 Å². The van der Waals surface area contributed by atoms with Crippen LogP contribution in [0.3, 0.4) is 0 Å². The molecule has 2 heterocycles. The first-order valence-corrected chi connectivity index (χ1v) is 14.2. The molecule has 2 aromatic carbocycles. The number of halogens is 1. The van der Waals surface area contributed by atoms with E-state index in [4.69, 9.17) is 16.3 Å². The number of nitrogens with zero attached hydrogens (tertiary/aromatic N) is 2. The molecule has 0 spiro atoms. The smallest absolute Gasteiger partial charge is 0.409 e. The molecule has 4 rings (SSSR count). The van der Waals surface area contributed by atoms with E-state index in [-0.39, 0.29) is 12.0 Å². The van der Waals surface area contributed by atoms with Gasteiger partial charge in [0.05, 0.1) is 5.02 Å². The second-order valence-corrected chi connectivity index (χ2v) is 10.8. The number of amides is 2. The number of hydrogen-bond acceptors (Lipinski definition) is 6. The highest BCUT2D eigenvalue weighted by atomic mass is 35.5. The van der Waals surface area contributed by atoms with Gasteiger partial charge in [0.15, 0.2) is 0 Å². The molecule has 0 unspecified atom stereocenters. The van der Waals surface area contributed by atoms with Crippen LogP contribution in [-0.4, -0.2) is 67.7 Å². The zero-order valence-corrected chi connectivity index (χ0v) is 22.2. The number of nitrogens with one attached hydrogen (secondary N) is 1. The van der Waals surface area contributed by atoms with Crippen molar-refractivity contribution >= 4 is 62.5 Å². The van der Waals surface area contributed by atoms with Gasteiger partial charge in [0, 0.05) is 60.0 Å². The summed E-state index contributed by atoms with van der Waals surface area (Å²) in [7, 11) is 0. The lowest BCUT2D eigenvalue weighted by molar-refractivity contribution is 0.0960. The Morgan fingerprint density at radius 2 is 1.80 bits per heavy atom. The largest absolute Gasteiger partial charge is 0.449 e. The fraction of sp³-hybridized carbons (Fsp3) is 0.385. The van der Waals surface area contributed by atoms with E-state index in [9.17, 15) is 9.59 Å². The highest BCUT2D eigenvalue weighted by molar-refractivity contribution is 7.99. The first-order chi connectivity index (χ1) is 17.1. The Bertz CT molecular complexity index is 1160. The number of ether oxygens (including phenoxy) is 1. The molecule has 1 saturated heterocycles. The van der Waals surface area contributed by atoms with Crippen molar-refractivity contribution in [3.63, 3.8) is 0 Å². The number of hydrogen-bond donors (Lipinski definition) is 1. The summed E-state index contributed by atoms with van der Waals surface area (Å²) < 4.78 is 6.46. The van der Waals surface area contributed by atoms with Crippen LogP contribution in [0.5, 0.6) is 0 Å². The van der Waals surface area contributed by atoms with Crippen molar-refractivity contribution in [3.05, 3.63) is 64.0 Å². The summed E-state index contributed by atoms with van der Waals surface area (Å²) in [6.45, 7) is 6.00. The summed E-state index contributed by atoms with van der Waals surface area (Å²) >= 11 is 9.42. The van der Waals surface area contributed by atoms with E-state index in [2.05, 4.69) is 41.4 Å². The van der Waals surface area contributed by atoms with Crippen LogP contribution in [0.15, 0.2) is 48.5 Å². The van der Waals surface area contributed by atoms with Crippen LogP contribution >= 0.6 is 34.7 Å². The molecule has 1 N–H and O–H groups in total.